The first-order valence-electron chi connectivity index (χ1n) is 4.73. The van der Waals surface area contributed by atoms with Gasteiger partial charge in [-0.25, -0.2) is 0 Å². The molecule has 0 amide bonds. The average molecular weight is 181 g/mol. The molecule has 4 heteroatoms. The van der Waals surface area contributed by atoms with Crippen LogP contribution in [-0.2, 0) is 6.54 Å². The van der Waals surface area contributed by atoms with E-state index in [1.807, 2.05) is 12.3 Å². The fourth-order valence-corrected chi connectivity index (χ4v) is 1.28. The highest BCUT2D eigenvalue weighted by atomic mass is 16.3. The van der Waals surface area contributed by atoms with Crippen LogP contribution in [0.15, 0.2) is 18.5 Å². The van der Waals surface area contributed by atoms with E-state index in [0.29, 0.717) is 19.1 Å². The van der Waals surface area contributed by atoms with Crippen LogP contribution in [0.4, 0.5) is 0 Å². The van der Waals surface area contributed by atoms with Crippen molar-refractivity contribution in [2.45, 2.75) is 31.5 Å². The first-order valence-corrected chi connectivity index (χ1v) is 4.73. The zero-order valence-corrected chi connectivity index (χ0v) is 7.56. The lowest BCUT2D eigenvalue weighted by Crippen LogP contribution is -2.31. The maximum atomic E-state index is 9.57. The van der Waals surface area contributed by atoms with E-state index in [0.717, 1.165) is 0 Å². The van der Waals surface area contributed by atoms with Crippen LogP contribution >= 0.6 is 0 Å². The molecule has 1 atom stereocenters. The molecule has 0 aliphatic heterocycles. The third kappa shape index (κ3) is 2.82. The van der Waals surface area contributed by atoms with E-state index in [-0.39, 0.29) is 6.10 Å². The Morgan fingerprint density at radius 3 is 3.08 bits per heavy atom. The van der Waals surface area contributed by atoms with Gasteiger partial charge in [-0.2, -0.15) is 5.10 Å². The van der Waals surface area contributed by atoms with Crippen molar-refractivity contribution < 1.29 is 5.11 Å². The average Bonchev–Trinajstić information content (AvgIpc) is 2.82. The quantitative estimate of drug-likeness (QED) is 0.672. The second-order valence-corrected chi connectivity index (χ2v) is 3.56. The van der Waals surface area contributed by atoms with Gasteiger partial charge in [0.15, 0.2) is 0 Å². The molecule has 1 aromatic heterocycles. The number of aromatic nitrogens is 2. The number of aliphatic hydroxyl groups is 1. The lowest BCUT2D eigenvalue weighted by Gasteiger charge is -2.10. The molecule has 2 N–H and O–H groups in total. The molecule has 72 valence electrons. The van der Waals surface area contributed by atoms with E-state index in [2.05, 4.69) is 10.4 Å². The van der Waals surface area contributed by atoms with Gasteiger partial charge in [-0.15, -0.1) is 0 Å². The largest absolute Gasteiger partial charge is 0.390 e. The van der Waals surface area contributed by atoms with Crippen molar-refractivity contribution >= 4 is 0 Å². The summed E-state index contributed by atoms with van der Waals surface area (Å²) >= 11 is 0. The van der Waals surface area contributed by atoms with Crippen molar-refractivity contribution in [2.75, 3.05) is 6.54 Å². The first-order chi connectivity index (χ1) is 6.34. The van der Waals surface area contributed by atoms with Crippen molar-refractivity contribution in [1.29, 1.82) is 0 Å². The maximum absolute atomic E-state index is 9.57. The third-order valence-electron chi connectivity index (χ3n) is 2.18. The highest BCUT2D eigenvalue weighted by molar-refractivity contribution is 4.82. The molecule has 0 saturated heterocycles. The minimum atomic E-state index is -0.333. The smallest absolute Gasteiger partial charge is 0.0860 e. The number of aliphatic hydroxyl groups excluding tert-OH is 1. The monoisotopic (exact) mass is 181 g/mol. The van der Waals surface area contributed by atoms with E-state index in [1.54, 1.807) is 10.9 Å². The molecule has 0 unspecified atom stereocenters. The molecule has 1 heterocycles. The van der Waals surface area contributed by atoms with Crippen molar-refractivity contribution in [3.05, 3.63) is 18.5 Å². The molecule has 0 radical (unpaired) electrons. The van der Waals surface area contributed by atoms with Crippen molar-refractivity contribution in [3.8, 4) is 0 Å². The number of hydrogen-bond donors (Lipinski definition) is 2. The number of hydrogen-bond acceptors (Lipinski definition) is 3. The molecular formula is C9H15N3O. The van der Waals surface area contributed by atoms with Crippen LogP contribution in [0.3, 0.4) is 0 Å². The van der Waals surface area contributed by atoms with Crippen LogP contribution in [0.5, 0.6) is 0 Å². The standard InChI is InChI=1S/C9H15N3O/c13-9(6-10-8-2-3-8)7-12-5-1-4-11-12/h1,4-5,8-10,13H,2-3,6-7H2/t9-/m1/s1. The lowest BCUT2D eigenvalue weighted by atomic mass is 10.3. The number of nitrogens with one attached hydrogen (secondary N) is 1. The van der Waals surface area contributed by atoms with Gasteiger partial charge in [0.05, 0.1) is 12.6 Å². The normalized spacial score (nSPS) is 18.8. The van der Waals surface area contributed by atoms with Crippen molar-refractivity contribution in [2.24, 2.45) is 0 Å². The highest BCUT2D eigenvalue weighted by Crippen LogP contribution is 2.18. The molecule has 0 bridgehead atoms. The lowest BCUT2D eigenvalue weighted by molar-refractivity contribution is 0.146. The number of rotatable bonds is 5. The van der Waals surface area contributed by atoms with Gasteiger partial charge in [0.2, 0.25) is 0 Å². The second-order valence-electron chi connectivity index (χ2n) is 3.56. The van der Waals surface area contributed by atoms with Gasteiger partial charge in [0, 0.05) is 25.0 Å². The molecule has 1 aliphatic carbocycles. The van der Waals surface area contributed by atoms with Gasteiger partial charge in [-0.3, -0.25) is 4.68 Å². The molecule has 13 heavy (non-hydrogen) atoms. The van der Waals surface area contributed by atoms with Crippen LogP contribution < -0.4 is 5.32 Å². The molecule has 1 aromatic rings. The minimum absolute atomic E-state index is 0.333. The Bertz CT molecular complexity index is 243. The highest BCUT2D eigenvalue weighted by Gasteiger charge is 2.21. The van der Waals surface area contributed by atoms with Gasteiger partial charge in [0.1, 0.15) is 0 Å². The van der Waals surface area contributed by atoms with Gasteiger partial charge in [-0.05, 0) is 18.9 Å². The summed E-state index contributed by atoms with van der Waals surface area (Å²) in [5.74, 6) is 0. The Morgan fingerprint density at radius 1 is 1.62 bits per heavy atom. The zero-order chi connectivity index (χ0) is 9.10. The van der Waals surface area contributed by atoms with Gasteiger partial charge >= 0.3 is 0 Å². The summed E-state index contributed by atoms with van der Waals surface area (Å²) in [7, 11) is 0. The Morgan fingerprint density at radius 2 is 2.46 bits per heavy atom. The maximum Gasteiger partial charge on any atom is 0.0860 e. The fraction of sp³-hybridized carbons (Fsp3) is 0.667. The zero-order valence-electron chi connectivity index (χ0n) is 7.56. The third-order valence-corrected chi connectivity index (χ3v) is 2.18. The molecule has 2 rings (SSSR count). The van der Waals surface area contributed by atoms with E-state index in [1.165, 1.54) is 12.8 Å². The van der Waals surface area contributed by atoms with Crippen LogP contribution in [0.25, 0.3) is 0 Å². The predicted octanol–water partition coefficient (Wildman–Crippen LogP) is -0.00400. The van der Waals surface area contributed by atoms with Crippen molar-refractivity contribution in [1.82, 2.24) is 15.1 Å². The van der Waals surface area contributed by atoms with E-state index in [4.69, 9.17) is 0 Å². The first kappa shape index (κ1) is 8.72. The Labute approximate surface area is 77.6 Å². The molecule has 4 nitrogen and oxygen atoms in total. The molecule has 1 aliphatic rings. The van der Waals surface area contributed by atoms with E-state index >= 15 is 0 Å². The summed E-state index contributed by atoms with van der Waals surface area (Å²) in [5, 5.41) is 16.9. The summed E-state index contributed by atoms with van der Waals surface area (Å²) < 4.78 is 1.75. The molecule has 1 fully saturated rings. The minimum Gasteiger partial charge on any atom is -0.390 e. The van der Waals surface area contributed by atoms with Crippen LogP contribution in [-0.4, -0.2) is 33.6 Å². The number of nitrogens with zero attached hydrogens (tertiary/aromatic N) is 2. The Hall–Kier alpha value is -0.870. The van der Waals surface area contributed by atoms with Crippen molar-refractivity contribution in [3.63, 3.8) is 0 Å². The predicted molar refractivity (Wildman–Crippen MR) is 49.3 cm³/mol. The Kier molecular flexibility index (Phi) is 2.61. The summed E-state index contributed by atoms with van der Waals surface area (Å²) in [6.07, 6.45) is 5.77. The fourth-order valence-electron chi connectivity index (χ4n) is 1.28. The topological polar surface area (TPSA) is 50.1 Å². The molecular weight excluding hydrogens is 166 g/mol. The summed E-state index contributed by atoms with van der Waals surface area (Å²) in [6, 6.07) is 2.52. The van der Waals surface area contributed by atoms with Crippen LogP contribution in [0.1, 0.15) is 12.8 Å². The summed E-state index contributed by atoms with van der Waals surface area (Å²) in [4.78, 5) is 0. The Balaban J connectivity index is 1.68. The second kappa shape index (κ2) is 3.89. The molecule has 0 spiro atoms. The van der Waals surface area contributed by atoms with Gasteiger partial charge in [-0.1, -0.05) is 0 Å². The van der Waals surface area contributed by atoms with E-state index in [9.17, 15) is 5.11 Å². The van der Waals surface area contributed by atoms with E-state index < -0.39 is 0 Å². The summed E-state index contributed by atoms with van der Waals surface area (Å²) in [6.45, 7) is 1.25. The van der Waals surface area contributed by atoms with Gasteiger partial charge < -0.3 is 10.4 Å². The van der Waals surface area contributed by atoms with Gasteiger partial charge in [0.25, 0.3) is 0 Å². The van der Waals surface area contributed by atoms with Crippen LogP contribution in [0.2, 0.25) is 0 Å². The summed E-state index contributed by atoms with van der Waals surface area (Å²) in [5.41, 5.74) is 0. The molecule has 1 saturated carbocycles. The van der Waals surface area contributed by atoms with Crippen LogP contribution in [0, 0.1) is 0 Å². The molecule has 0 aromatic carbocycles. The SMILES string of the molecule is O[C@H](CNC1CC1)Cn1cccn1.